The fourth-order valence-electron chi connectivity index (χ4n) is 1.26. The Labute approximate surface area is 98.0 Å². The highest BCUT2D eigenvalue weighted by Crippen LogP contribution is 2.17. The number of nitrogens with two attached hydrogens (primary N) is 2. The first kappa shape index (κ1) is 12.3. The van der Waals surface area contributed by atoms with Crippen LogP contribution in [-0.2, 0) is 4.79 Å². The second-order valence-electron chi connectivity index (χ2n) is 3.40. The summed E-state index contributed by atoms with van der Waals surface area (Å²) in [5, 5.41) is 0.371. The monoisotopic (exact) mass is 241 g/mol. The smallest absolute Gasteiger partial charge is 0.254 e. The van der Waals surface area contributed by atoms with Gasteiger partial charge in [-0.3, -0.25) is 9.59 Å². The van der Waals surface area contributed by atoms with E-state index in [0.29, 0.717) is 16.3 Å². The summed E-state index contributed by atoms with van der Waals surface area (Å²) in [6, 6.07) is 4.51. The van der Waals surface area contributed by atoms with Crippen molar-refractivity contribution in [2.75, 3.05) is 19.3 Å². The molecular formula is C10H12ClN3O2. The molecule has 1 aromatic carbocycles. The first-order chi connectivity index (χ1) is 7.40. The van der Waals surface area contributed by atoms with Crippen LogP contribution >= 0.6 is 11.6 Å². The third-order valence-electron chi connectivity index (χ3n) is 1.91. The third kappa shape index (κ3) is 3.13. The molecule has 0 atom stereocenters. The molecule has 86 valence electrons. The van der Waals surface area contributed by atoms with E-state index < -0.39 is 5.91 Å². The molecule has 5 nitrogen and oxygen atoms in total. The van der Waals surface area contributed by atoms with Crippen LogP contribution in [0.15, 0.2) is 18.2 Å². The van der Waals surface area contributed by atoms with E-state index in [0.717, 1.165) is 0 Å². The average molecular weight is 242 g/mol. The van der Waals surface area contributed by atoms with E-state index in [-0.39, 0.29) is 12.5 Å². The van der Waals surface area contributed by atoms with E-state index in [1.807, 2.05) is 0 Å². The molecule has 0 saturated carbocycles. The fraction of sp³-hybridized carbons (Fsp3) is 0.200. The van der Waals surface area contributed by atoms with Gasteiger partial charge in [-0.1, -0.05) is 11.6 Å². The number of hydrogen-bond donors (Lipinski definition) is 2. The van der Waals surface area contributed by atoms with Gasteiger partial charge in [0.2, 0.25) is 5.91 Å². The van der Waals surface area contributed by atoms with Gasteiger partial charge in [0.05, 0.1) is 6.54 Å². The van der Waals surface area contributed by atoms with Crippen molar-refractivity contribution >= 4 is 29.1 Å². The molecule has 0 spiro atoms. The van der Waals surface area contributed by atoms with Gasteiger partial charge in [-0.05, 0) is 18.2 Å². The molecule has 0 aromatic heterocycles. The van der Waals surface area contributed by atoms with Crippen LogP contribution in [0.2, 0.25) is 5.02 Å². The minimum absolute atomic E-state index is 0.148. The summed E-state index contributed by atoms with van der Waals surface area (Å²) in [6.45, 7) is -0.148. The number of primary amides is 1. The number of carbonyl (C=O) groups is 2. The van der Waals surface area contributed by atoms with E-state index in [1.165, 1.54) is 30.1 Å². The van der Waals surface area contributed by atoms with Crippen molar-refractivity contribution < 1.29 is 9.59 Å². The molecule has 0 bridgehead atoms. The van der Waals surface area contributed by atoms with Gasteiger partial charge in [-0.25, -0.2) is 0 Å². The number of amides is 2. The summed E-state index contributed by atoms with van der Waals surface area (Å²) in [5.41, 5.74) is 11.3. The Bertz CT molecular complexity index is 414. The van der Waals surface area contributed by atoms with Gasteiger partial charge in [0.15, 0.2) is 0 Å². The number of rotatable bonds is 3. The summed E-state index contributed by atoms with van der Waals surface area (Å²) < 4.78 is 0. The predicted molar refractivity (Wildman–Crippen MR) is 62.0 cm³/mol. The van der Waals surface area contributed by atoms with Crippen molar-refractivity contribution in [3.8, 4) is 0 Å². The van der Waals surface area contributed by atoms with Crippen molar-refractivity contribution in [2.24, 2.45) is 5.73 Å². The summed E-state index contributed by atoms with van der Waals surface area (Å²) in [5.74, 6) is -0.932. The number of hydrogen-bond acceptors (Lipinski definition) is 3. The van der Waals surface area contributed by atoms with E-state index >= 15 is 0 Å². The van der Waals surface area contributed by atoms with Crippen molar-refractivity contribution in [1.29, 1.82) is 0 Å². The molecule has 0 aliphatic rings. The lowest BCUT2D eigenvalue weighted by Crippen LogP contribution is -2.35. The van der Waals surface area contributed by atoms with Gasteiger partial charge in [-0.15, -0.1) is 0 Å². The standard InChI is InChI=1S/C10H12ClN3O2/c1-14(5-9(13)15)10(16)6-2-7(11)4-8(12)3-6/h2-4H,5,12H2,1H3,(H2,13,15). The number of likely N-dealkylation sites (N-methyl/N-ethyl adjacent to an activating group) is 1. The molecule has 0 saturated heterocycles. The first-order valence-electron chi connectivity index (χ1n) is 4.50. The topological polar surface area (TPSA) is 89.4 Å². The minimum atomic E-state index is -0.578. The van der Waals surface area contributed by atoms with Crippen molar-refractivity contribution in [3.05, 3.63) is 28.8 Å². The quantitative estimate of drug-likeness (QED) is 0.755. The van der Waals surface area contributed by atoms with E-state index in [1.54, 1.807) is 0 Å². The van der Waals surface area contributed by atoms with Crippen LogP contribution in [0, 0.1) is 0 Å². The van der Waals surface area contributed by atoms with Gasteiger partial charge >= 0.3 is 0 Å². The number of nitrogens with zero attached hydrogens (tertiary/aromatic N) is 1. The molecular weight excluding hydrogens is 230 g/mol. The Morgan fingerprint density at radius 2 is 2.00 bits per heavy atom. The summed E-state index contributed by atoms with van der Waals surface area (Å²) >= 11 is 5.76. The molecule has 6 heteroatoms. The van der Waals surface area contributed by atoms with Crippen LogP contribution in [0.25, 0.3) is 0 Å². The van der Waals surface area contributed by atoms with E-state index in [4.69, 9.17) is 23.1 Å². The molecule has 2 amide bonds. The van der Waals surface area contributed by atoms with Crippen LogP contribution in [0.1, 0.15) is 10.4 Å². The zero-order chi connectivity index (χ0) is 12.3. The Balaban J connectivity index is 2.91. The SMILES string of the molecule is CN(CC(N)=O)C(=O)c1cc(N)cc(Cl)c1. The maximum atomic E-state index is 11.8. The number of halogens is 1. The molecule has 0 aliphatic heterocycles. The predicted octanol–water partition coefficient (Wildman–Crippen LogP) is 0.479. The lowest BCUT2D eigenvalue weighted by molar-refractivity contribution is -0.118. The zero-order valence-corrected chi connectivity index (χ0v) is 9.49. The highest BCUT2D eigenvalue weighted by atomic mass is 35.5. The molecule has 1 aromatic rings. The molecule has 16 heavy (non-hydrogen) atoms. The van der Waals surface area contributed by atoms with Crippen LogP contribution < -0.4 is 11.5 Å². The second-order valence-corrected chi connectivity index (χ2v) is 3.84. The number of nitrogen functional groups attached to an aromatic ring is 1. The Morgan fingerprint density at radius 1 is 1.38 bits per heavy atom. The molecule has 0 radical (unpaired) electrons. The molecule has 4 N–H and O–H groups in total. The number of anilines is 1. The van der Waals surface area contributed by atoms with Gasteiger partial charge in [0.25, 0.3) is 5.91 Å². The van der Waals surface area contributed by atoms with Crippen LogP contribution in [-0.4, -0.2) is 30.3 Å². The number of benzene rings is 1. The zero-order valence-electron chi connectivity index (χ0n) is 8.74. The normalized spacial score (nSPS) is 9.88. The largest absolute Gasteiger partial charge is 0.399 e. The second kappa shape index (κ2) is 4.85. The summed E-state index contributed by atoms with van der Waals surface area (Å²) in [7, 11) is 1.48. The lowest BCUT2D eigenvalue weighted by atomic mass is 10.2. The maximum absolute atomic E-state index is 11.8. The van der Waals surface area contributed by atoms with E-state index in [9.17, 15) is 9.59 Å². The minimum Gasteiger partial charge on any atom is -0.399 e. The Kier molecular flexibility index (Phi) is 3.73. The van der Waals surface area contributed by atoms with Crippen molar-refractivity contribution in [3.63, 3.8) is 0 Å². The number of carbonyl (C=O) groups excluding carboxylic acids is 2. The fourth-order valence-corrected chi connectivity index (χ4v) is 1.51. The van der Waals surface area contributed by atoms with Crippen LogP contribution in [0.3, 0.4) is 0 Å². The molecule has 0 unspecified atom stereocenters. The molecule has 0 aliphatic carbocycles. The Hall–Kier alpha value is -1.75. The highest BCUT2D eigenvalue weighted by Gasteiger charge is 2.14. The molecule has 1 rings (SSSR count). The average Bonchev–Trinajstić information content (AvgIpc) is 2.13. The molecule has 0 fully saturated rings. The van der Waals surface area contributed by atoms with Crippen LogP contribution in [0.4, 0.5) is 5.69 Å². The summed E-state index contributed by atoms with van der Waals surface area (Å²) in [4.78, 5) is 23.6. The van der Waals surface area contributed by atoms with E-state index in [2.05, 4.69) is 0 Å². The van der Waals surface area contributed by atoms with Crippen molar-refractivity contribution in [2.45, 2.75) is 0 Å². The molecule has 0 heterocycles. The highest BCUT2D eigenvalue weighted by molar-refractivity contribution is 6.31. The Morgan fingerprint density at radius 3 is 2.50 bits per heavy atom. The summed E-state index contributed by atoms with van der Waals surface area (Å²) in [6.07, 6.45) is 0. The third-order valence-corrected chi connectivity index (χ3v) is 2.12. The van der Waals surface area contributed by atoms with Gasteiger partial charge in [-0.2, -0.15) is 0 Å². The first-order valence-corrected chi connectivity index (χ1v) is 4.88. The van der Waals surface area contributed by atoms with Gasteiger partial charge < -0.3 is 16.4 Å². The maximum Gasteiger partial charge on any atom is 0.254 e. The van der Waals surface area contributed by atoms with Gasteiger partial charge in [0.1, 0.15) is 0 Å². The van der Waals surface area contributed by atoms with Crippen LogP contribution in [0.5, 0.6) is 0 Å². The lowest BCUT2D eigenvalue weighted by Gasteiger charge is -2.15. The van der Waals surface area contributed by atoms with Gasteiger partial charge in [0, 0.05) is 23.3 Å². The van der Waals surface area contributed by atoms with Crippen molar-refractivity contribution in [1.82, 2.24) is 4.90 Å².